The Balaban J connectivity index is 1.59. The molecule has 0 aliphatic rings. The van der Waals surface area contributed by atoms with Crippen molar-refractivity contribution in [2.45, 2.75) is 20.4 Å². The van der Waals surface area contributed by atoms with Crippen molar-refractivity contribution >= 4 is 28.6 Å². The van der Waals surface area contributed by atoms with E-state index in [1.54, 1.807) is 35.9 Å². The number of carbonyl (C=O) groups excluding carboxylic acids is 2. The van der Waals surface area contributed by atoms with Gasteiger partial charge < -0.3 is 10.1 Å². The van der Waals surface area contributed by atoms with Crippen LogP contribution >= 0.6 is 0 Å². The summed E-state index contributed by atoms with van der Waals surface area (Å²) in [5.74, 6) is -1.01. The fourth-order valence-electron chi connectivity index (χ4n) is 3.36. The van der Waals surface area contributed by atoms with Gasteiger partial charge >= 0.3 is 5.97 Å². The van der Waals surface area contributed by atoms with Gasteiger partial charge in [-0.3, -0.25) is 14.2 Å². The Morgan fingerprint density at radius 1 is 1.09 bits per heavy atom. The molecule has 0 radical (unpaired) electrons. The number of esters is 1. The van der Waals surface area contributed by atoms with Crippen molar-refractivity contribution in [3.05, 3.63) is 82.5 Å². The van der Waals surface area contributed by atoms with Crippen LogP contribution in [0.2, 0.25) is 0 Å². The first-order valence-corrected chi connectivity index (χ1v) is 10.0. The predicted molar refractivity (Wildman–Crippen MR) is 119 cm³/mol. The summed E-state index contributed by atoms with van der Waals surface area (Å²) in [6.45, 7) is 3.60. The molecule has 0 aliphatic heterocycles. The van der Waals surface area contributed by atoms with Gasteiger partial charge in [0.2, 0.25) is 5.91 Å². The van der Waals surface area contributed by atoms with Crippen LogP contribution in [0.1, 0.15) is 22.8 Å². The number of carbonyl (C=O) groups is 2. The lowest BCUT2D eigenvalue weighted by atomic mass is 10.2. The Kier molecular flexibility index (Phi) is 5.80. The van der Waals surface area contributed by atoms with Gasteiger partial charge in [-0.05, 0) is 37.6 Å². The van der Waals surface area contributed by atoms with Crippen molar-refractivity contribution in [2.75, 3.05) is 11.9 Å². The highest BCUT2D eigenvalue weighted by molar-refractivity contribution is 6.01. The number of para-hydroxylation sites is 2. The molecule has 4 aromatic rings. The van der Waals surface area contributed by atoms with Crippen molar-refractivity contribution in [1.29, 1.82) is 0 Å². The number of ether oxygens (including phenoxy) is 1. The first-order valence-electron chi connectivity index (χ1n) is 10.0. The lowest BCUT2D eigenvalue weighted by Crippen LogP contribution is -2.28. The summed E-state index contributed by atoms with van der Waals surface area (Å²) in [6, 6.07) is 14.2. The fourth-order valence-corrected chi connectivity index (χ4v) is 3.36. The van der Waals surface area contributed by atoms with Crippen molar-refractivity contribution in [3.8, 4) is 5.69 Å². The number of hydrogen-bond donors (Lipinski definition) is 1. The molecule has 0 atom stereocenters. The number of hydrogen-bond acceptors (Lipinski definition) is 6. The van der Waals surface area contributed by atoms with Gasteiger partial charge in [-0.1, -0.05) is 30.3 Å². The van der Waals surface area contributed by atoms with E-state index < -0.39 is 11.9 Å². The highest BCUT2D eigenvalue weighted by Gasteiger charge is 2.16. The maximum absolute atomic E-state index is 12.9. The normalized spacial score (nSPS) is 10.8. The Hall–Kier alpha value is -4.27. The SMILES string of the molecule is CCOC(=O)c1ccccc1NC(=O)Cn1cnc2c(cnn2-c2ccccc2C)c1=O. The van der Waals surface area contributed by atoms with Gasteiger partial charge in [0.15, 0.2) is 5.65 Å². The van der Waals surface area contributed by atoms with Crippen LogP contribution in [0.25, 0.3) is 16.7 Å². The molecule has 2 aromatic carbocycles. The summed E-state index contributed by atoms with van der Waals surface area (Å²) in [5.41, 5.74) is 2.38. The molecule has 1 N–H and O–H groups in total. The molecular weight excluding hydrogens is 410 g/mol. The number of nitrogens with one attached hydrogen (secondary N) is 1. The molecule has 0 saturated heterocycles. The molecule has 2 aromatic heterocycles. The zero-order valence-corrected chi connectivity index (χ0v) is 17.6. The van der Waals surface area contributed by atoms with Crippen LogP contribution in [0.15, 0.2) is 65.8 Å². The molecule has 162 valence electrons. The number of rotatable bonds is 6. The summed E-state index contributed by atoms with van der Waals surface area (Å²) in [6.07, 6.45) is 2.76. The molecule has 32 heavy (non-hydrogen) atoms. The number of nitrogens with zero attached hydrogens (tertiary/aromatic N) is 4. The number of benzene rings is 2. The number of anilines is 1. The van der Waals surface area contributed by atoms with Crippen LogP contribution in [0, 0.1) is 6.92 Å². The van der Waals surface area contributed by atoms with E-state index in [1.807, 2.05) is 31.2 Å². The Labute approximate surface area is 183 Å². The minimum absolute atomic E-state index is 0.221. The summed E-state index contributed by atoms with van der Waals surface area (Å²) < 4.78 is 7.82. The van der Waals surface area contributed by atoms with Gasteiger partial charge in [-0.2, -0.15) is 5.10 Å². The van der Waals surface area contributed by atoms with Gasteiger partial charge in [0.1, 0.15) is 18.3 Å². The highest BCUT2D eigenvalue weighted by Crippen LogP contribution is 2.18. The lowest BCUT2D eigenvalue weighted by molar-refractivity contribution is -0.116. The van der Waals surface area contributed by atoms with Crippen LogP contribution in [0.5, 0.6) is 0 Å². The number of amides is 1. The Morgan fingerprint density at radius 2 is 1.84 bits per heavy atom. The van der Waals surface area contributed by atoms with Crippen molar-refractivity contribution in [1.82, 2.24) is 19.3 Å². The Bertz CT molecular complexity index is 1370. The molecule has 0 aliphatic carbocycles. The zero-order chi connectivity index (χ0) is 22.7. The second-order valence-electron chi connectivity index (χ2n) is 7.07. The van der Waals surface area contributed by atoms with Crippen LogP contribution in [0.4, 0.5) is 5.69 Å². The number of aromatic nitrogens is 4. The zero-order valence-electron chi connectivity index (χ0n) is 17.6. The van der Waals surface area contributed by atoms with E-state index in [-0.39, 0.29) is 24.3 Å². The topological polar surface area (TPSA) is 108 Å². The molecule has 4 rings (SSSR count). The van der Waals surface area contributed by atoms with E-state index in [2.05, 4.69) is 15.4 Å². The average molecular weight is 431 g/mol. The summed E-state index contributed by atoms with van der Waals surface area (Å²) >= 11 is 0. The third-order valence-electron chi connectivity index (χ3n) is 4.91. The van der Waals surface area contributed by atoms with E-state index in [4.69, 9.17) is 4.74 Å². The average Bonchev–Trinajstić information content (AvgIpc) is 3.21. The van der Waals surface area contributed by atoms with Gasteiger partial charge in [0.05, 0.1) is 29.7 Å². The monoisotopic (exact) mass is 431 g/mol. The minimum Gasteiger partial charge on any atom is -0.462 e. The lowest BCUT2D eigenvalue weighted by Gasteiger charge is -2.11. The maximum Gasteiger partial charge on any atom is 0.340 e. The van der Waals surface area contributed by atoms with Gasteiger partial charge in [0.25, 0.3) is 5.56 Å². The highest BCUT2D eigenvalue weighted by atomic mass is 16.5. The maximum atomic E-state index is 12.9. The van der Waals surface area contributed by atoms with Crippen LogP contribution in [-0.4, -0.2) is 37.8 Å². The quantitative estimate of drug-likeness (QED) is 0.470. The smallest absolute Gasteiger partial charge is 0.340 e. The molecule has 9 heteroatoms. The van der Waals surface area contributed by atoms with Crippen LogP contribution in [-0.2, 0) is 16.1 Å². The third kappa shape index (κ3) is 4.00. The van der Waals surface area contributed by atoms with Gasteiger partial charge in [-0.15, -0.1) is 0 Å². The molecule has 0 bridgehead atoms. The standard InChI is InChI=1S/C23H21N5O4/c1-3-32-23(31)16-9-5-6-10-18(16)26-20(29)13-27-14-24-21-17(22(27)30)12-25-28(21)19-11-7-4-8-15(19)2/h4-12,14H,3,13H2,1-2H3,(H,26,29). The molecular formula is C23H21N5O4. The van der Waals surface area contributed by atoms with Crippen molar-refractivity contribution in [2.24, 2.45) is 0 Å². The number of aryl methyl sites for hydroxylation is 1. The molecule has 0 saturated carbocycles. The predicted octanol–water partition coefficient (Wildman–Crippen LogP) is 2.71. The van der Waals surface area contributed by atoms with E-state index in [1.165, 1.54) is 17.1 Å². The van der Waals surface area contributed by atoms with Crippen molar-refractivity contribution in [3.63, 3.8) is 0 Å². The summed E-state index contributed by atoms with van der Waals surface area (Å²) in [4.78, 5) is 42.0. The minimum atomic E-state index is -0.535. The third-order valence-corrected chi connectivity index (χ3v) is 4.91. The van der Waals surface area contributed by atoms with E-state index in [0.29, 0.717) is 16.7 Å². The Morgan fingerprint density at radius 3 is 2.62 bits per heavy atom. The van der Waals surface area contributed by atoms with E-state index >= 15 is 0 Å². The van der Waals surface area contributed by atoms with Gasteiger partial charge in [0, 0.05) is 0 Å². The van der Waals surface area contributed by atoms with Crippen LogP contribution in [0.3, 0.4) is 0 Å². The molecule has 1 amide bonds. The van der Waals surface area contributed by atoms with Gasteiger partial charge in [-0.25, -0.2) is 14.5 Å². The second-order valence-corrected chi connectivity index (χ2v) is 7.07. The molecule has 2 heterocycles. The van der Waals surface area contributed by atoms with E-state index in [9.17, 15) is 14.4 Å². The molecule has 0 unspecified atom stereocenters. The van der Waals surface area contributed by atoms with Crippen LogP contribution < -0.4 is 10.9 Å². The molecule has 0 fully saturated rings. The van der Waals surface area contributed by atoms with Crippen molar-refractivity contribution < 1.29 is 14.3 Å². The summed E-state index contributed by atoms with van der Waals surface area (Å²) in [7, 11) is 0. The fraction of sp³-hybridized carbons (Fsp3) is 0.174. The second kappa shape index (κ2) is 8.84. The molecule has 9 nitrogen and oxygen atoms in total. The van der Waals surface area contributed by atoms with E-state index in [0.717, 1.165) is 11.3 Å². The number of fused-ring (bicyclic) bond motifs is 1. The first kappa shape index (κ1) is 21.0. The largest absolute Gasteiger partial charge is 0.462 e. The first-order chi connectivity index (χ1) is 15.5. The molecule has 0 spiro atoms. The summed E-state index contributed by atoms with van der Waals surface area (Å²) in [5, 5.41) is 7.28.